The van der Waals surface area contributed by atoms with Crippen LogP contribution in [0.2, 0.25) is 5.02 Å². The third-order valence-electron chi connectivity index (χ3n) is 5.19. The fraction of sp³-hybridized carbons (Fsp3) is 0.333. The van der Waals surface area contributed by atoms with Gasteiger partial charge in [-0.3, -0.25) is 9.78 Å². The first-order valence-electron chi connectivity index (χ1n) is 9.25. The lowest BCUT2D eigenvalue weighted by molar-refractivity contribution is -0.139. The molecule has 27 heavy (non-hydrogen) atoms. The number of likely N-dealkylation sites (tertiary alicyclic amines) is 1. The number of fused-ring (bicyclic) bond motifs is 1. The van der Waals surface area contributed by atoms with Crippen molar-refractivity contribution in [3.05, 3.63) is 59.4 Å². The molecular formula is C21H22ClN3O2. The summed E-state index contributed by atoms with van der Waals surface area (Å²) in [5.41, 5.74) is 3.36. The van der Waals surface area contributed by atoms with Crippen LogP contribution in [-0.2, 0) is 4.79 Å². The van der Waals surface area contributed by atoms with Gasteiger partial charge in [-0.15, -0.1) is 0 Å². The number of piperidine rings is 1. The maximum atomic E-state index is 12.7. The van der Waals surface area contributed by atoms with Crippen LogP contribution in [0.5, 0.6) is 5.75 Å². The number of benzene rings is 1. The van der Waals surface area contributed by atoms with Gasteiger partial charge in [0.05, 0.1) is 11.0 Å². The van der Waals surface area contributed by atoms with Crippen molar-refractivity contribution in [2.24, 2.45) is 0 Å². The lowest BCUT2D eigenvalue weighted by Crippen LogP contribution is -2.44. The van der Waals surface area contributed by atoms with Crippen molar-refractivity contribution < 1.29 is 9.53 Å². The van der Waals surface area contributed by atoms with Gasteiger partial charge in [-0.05, 0) is 67.6 Å². The Labute approximate surface area is 163 Å². The quantitative estimate of drug-likeness (QED) is 0.726. The Kier molecular flexibility index (Phi) is 5.03. The average Bonchev–Trinajstić information content (AvgIpc) is 3.13. The topological polar surface area (TPSA) is 58.2 Å². The van der Waals surface area contributed by atoms with Crippen molar-refractivity contribution >= 4 is 28.5 Å². The van der Waals surface area contributed by atoms with Gasteiger partial charge in [-0.25, -0.2) is 0 Å². The lowest BCUT2D eigenvalue weighted by Gasteiger charge is -2.33. The van der Waals surface area contributed by atoms with E-state index in [9.17, 15) is 4.79 Å². The number of ether oxygens (including phenoxy) is 1. The summed E-state index contributed by atoms with van der Waals surface area (Å²) in [5.74, 6) is 1.10. The third-order valence-corrected chi connectivity index (χ3v) is 5.44. The zero-order chi connectivity index (χ0) is 18.8. The number of hydrogen-bond donors (Lipinski definition) is 1. The Hall–Kier alpha value is -2.53. The van der Waals surface area contributed by atoms with E-state index in [1.165, 1.54) is 5.56 Å². The van der Waals surface area contributed by atoms with E-state index in [0.29, 0.717) is 16.7 Å². The zero-order valence-corrected chi connectivity index (χ0v) is 15.9. The first kappa shape index (κ1) is 17.9. The minimum absolute atomic E-state index is 0.0282. The predicted octanol–water partition coefficient (Wildman–Crippen LogP) is 4.39. The van der Waals surface area contributed by atoms with E-state index in [2.05, 4.69) is 16.2 Å². The van der Waals surface area contributed by atoms with Gasteiger partial charge >= 0.3 is 0 Å². The molecule has 0 saturated carbocycles. The molecule has 4 rings (SSSR count). The van der Waals surface area contributed by atoms with Crippen LogP contribution < -0.4 is 4.74 Å². The molecule has 6 heteroatoms. The molecule has 5 nitrogen and oxygen atoms in total. The van der Waals surface area contributed by atoms with Crippen LogP contribution in [0.1, 0.15) is 31.2 Å². The van der Waals surface area contributed by atoms with Gasteiger partial charge in [0.25, 0.3) is 5.91 Å². The highest BCUT2D eigenvalue weighted by Crippen LogP contribution is 2.32. The number of hydrogen-bond acceptors (Lipinski definition) is 3. The number of nitrogens with one attached hydrogen (secondary N) is 1. The normalized spacial score (nSPS) is 16.4. The average molecular weight is 384 g/mol. The van der Waals surface area contributed by atoms with E-state index in [1.54, 1.807) is 31.2 Å². The van der Waals surface area contributed by atoms with Crippen molar-refractivity contribution in [3.8, 4) is 5.75 Å². The Morgan fingerprint density at radius 2 is 2.00 bits per heavy atom. The number of halogens is 1. The number of aromatic nitrogens is 2. The number of amides is 1. The second kappa shape index (κ2) is 7.61. The Morgan fingerprint density at radius 3 is 2.74 bits per heavy atom. The van der Waals surface area contributed by atoms with Crippen molar-refractivity contribution in [1.82, 2.24) is 14.9 Å². The monoisotopic (exact) mass is 383 g/mol. The minimum atomic E-state index is -0.516. The van der Waals surface area contributed by atoms with Crippen molar-refractivity contribution in [1.29, 1.82) is 0 Å². The molecule has 0 spiro atoms. The first-order chi connectivity index (χ1) is 13.1. The van der Waals surface area contributed by atoms with Gasteiger partial charge in [0.1, 0.15) is 5.75 Å². The molecule has 1 amide bonds. The van der Waals surface area contributed by atoms with Gasteiger partial charge in [0.2, 0.25) is 0 Å². The van der Waals surface area contributed by atoms with Crippen molar-refractivity contribution in [2.75, 3.05) is 13.1 Å². The summed E-state index contributed by atoms with van der Waals surface area (Å²) >= 11 is 5.89. The molecule has 1 aromatic carbocycles. The molecule has 140 valence electrons. The fourth-order valence-corrected chi connectivity index (χ4v) is 3.85. The third kappa shape index (κ3) is 3.78. The smallest absolute Gasteiger partial charge is 0.263 e. The molecule has 1 atom stereocenters. The summed E-state index contributed by atoms with van der Waals surface area (Å²) in [6.07, 6.45) is 5.24. The first-order valence-corrected chi connectivity index (χ1v) is 9.62. The van der Waals surface area contributed by atoms with Crippen LogP contribution in [-0.4, -0.2) is 40.0 Å². The maximum Gasteiger partial charge on any atom is 0.263 e. The molecule has 1 aliphatic heterocycles. The fourth-order valence-electron chi connectivity index (χ4n) is 3.72. The van der Waals surface area contributed by atoms with Gasteiger partial charge in [0, 0.05) is 30.5 Å². The molecule has 1 saturated heterocycles. The van der Waals surface area contributed by atoms with Gasteiger partial charge in [-0.2, -0.15) is 0 Å². The molecule has 2 aromatic heterocycles. The van der Waals surface area contributed by atoms with Crippen LogP contribution in [0, 0.1) is 0 Å². The highest BCUT2D eigenvalue weighted by Gasteiger charge is 2.28. The minimum Gasteiger partial charge on any atom is -0.481 e. The molecule has 0 bridgehead atoms. The molecule has 3 aromatic rings. The maximum absolute atomic E-state index is 12.7. The van der Waals surface area contributed by atoms with E-state index in [1.807, 2.05) is 23.2 Å². The van der Waals surface area contributed by atoms with Crippen LogP contribution in [0.15, 0.2) is 48.8 Å². The Balaban J connectivity index is 1.37. The molecule has 1 aliphatic rings. The van der Waals surface area contributed by atoms with E-state index in [-0.39, 0.29) is 5.91 Å². The second-order valence-electron chi connectivity index (χ2n) is 6.96. The molecule has 1 unspecified atom stereocenters. The summed E-state index contributed by atoms with van der Waals surface area (Å²) < 4.78 is 5.78. The number of carbonyl (C=O) groups is 1. The van der Waals surface area contributed by atoms with Crippen LogP contribution in [0.4, 0.5) is 0 Å². The van der Waals surface area contributed by atoms with Gasteiger partial charge < -0.3 is 14.6 Å². The van der Waals surface area contributed by atoms with Crippen LogP contribution >= 0.6 is 11.6 Å². The molecule has 3 heterocycles. The summed E-state index contributed by atoms with van der Waals surface area (Å²) in [7, 11) is 0. The van der Waals surface area contributed by atoms with Gasteiger partial charge in [0.15, 0.2) is 6.10 Å². The number of aromatic amines is 1. The molecule has 0 radical (unpaired) electrons. The Bertz CT molecular complexity index is 930. The van der Waals surface area contributed by atoms with Crippen LogP contribution in [0.25, 0.3) is 11.0 Å². The second-order valence-corrected chi connectivity index (χ2v) is 7.39. The van der Waals surface area contributed by atoms with Crippen molar-refractivity contribution in [3.63, 3.8) is 0 Å². The highest BCUT2D eigenvalue weighted by molar-refractivity contribution is 6.30. The zero-order valence-electron chi connectivity index (χ0n) is 15.2. The number of rotatable bonds is 4. The van der Waals surface area contributed by atoms with E-state index in [0.717, 1.165) is 37.0 Å². The molecule has 0 aliphatic carbocycles. The lowest BCUT2D eigenvalue weighted by atomic mass is 9.90. The largest absolute Gasteiger partial charge is 0.481 e. The predicted molar refractivity (Wildman–Crippen MR) is 106 cm³/mol. The summed E-state index contributed by atoms with van der Waals surface area (Å²) in [6, 6.07) is 11.1. The van der Waals surface area contributed by atoms with E-state index < -0.39 is 6.10 Å². The Morgan fingerprint density at radius 1 is 1.26 bits per heavy atom. The number of nitrogens with zero attached hydrogens (tertiary/aromatic N) is 2. The highest BCUT2D eigenvalue weighted by atomic mass is 35.5. The SMILES string of the molecule is CC(Oc1ccc(Cl)cc1)C(=O)N1CCC(c2c[nH]c3cccnc23)CC1. The molecule has 1 fully saturated rings. The summed E-state index contributed by atoms with van der Waals surface area (Å²) in [6.45, 7) is 3.27. The molecular weight excluding hydrogens is 362 g/mol. The van der Waals surface area contributed by atoms with E-state index >= 15 is 0 Å². The number of carbonyl (C=O) groups excluding carboxylic acids is 1. The van der Waals surface area contributed by atoms with Crippen molar-refractivity contribution in [2.45, 2.75) is 31.8 Å². The number of H-pyrrole nitrogens is 1. The van der Waals surface area contributed by atoms with Crippen LogP contribution in [0.3, 0.4) is 0 Å². The summed E-state index contributed by atoms with van der Waals surface area (Å²) in [4.78, 5) is 22.4. The number of pyridine rings is 1. The van der Waals surface area contributed by atoms with Gasteiger partial charge in [-0.1, -0.05) is 11.6 Å². The summed E-state index contributed by atoms with van der Waals surface area (Å²) in [5, 5.41) is 0.648. The van der Waals surface area contributed by atoms with E-state index in [4.69, 9.17) is 16.3 Å². The standard InChI is InChI=1S/C21H22ClN3O2/c1-14(27-17-6-4-16(22)5-7-17)21(26)25-11-8-15(9-12-25)18-13-24-19-3-2-10-23-20(18)19/h2-7,10,13-15,24H,8-9,11-12H2,1H3. The molecule has 1 N–H and O–H groups in total.